The molecule has 7 aromatic carbocycles. The van der Waals surface area contributed by atoms with E-state index in [9.17, 15) is 10.2 Å². The van der Waals surface area contributed by atoms with Crippen LogP contribution in [0.3, 0.4) is 0 Å². The first kappa shape index (κ1) is 30.2. The van der Waals surface area contributed by atoms with Gasteiger partial charge in [0.1, 0.15) is 11.5 Å². The molecule has 0 fully saturated rings. The SMILES string of the molecule is Oc1c(C=Nc2ccc(N=Cc3cc(-c4ccccc4)cc(-c4ccccc4)c3O)cc2)cc(-c2ccccc2)cc1-c1ccccc1. The summed E-state index contributed by atoms with van der Waals surface area (Å²) in [7, 11) is 0. The van der Waals surface area contributed by atoms with Crippen LogP contribution in [0.5, 0.6) is 11.5 Å². The Bertz CT molecular complexity index is 2050. The van der Waals surface area contributed by atoms with E-state index < -0.39 is 0 Å². The monoisotopic (exact) mass is 620 g/mol. The highest BCUT2D eigenvalue weighted by atomic mass is 16.3. The van der Waals surface area contributed by atoms with E-state index in [1.54, 1.807) is 12.4 Å². The molecule has 7 rings (SSSR count). The van der Waals surface area contributed by atoms with Gasteiger partial charge in [-0.15, -0.1) is 0 Å². The fourth-order valence-electron chi connectivity index (χ4n) is 5.69. The van der Waals surface area contributed by atoms with E-state index in [4.69, 9.17) is 9.98 Å². The van der Waals surface area contributed by atoms with Crippen LogP contribution < -0.4 is 0 Å². The molecule has 48 heavy (non-hydrogen) atoms. The van der Waals surface area contributed by atoms with Gasteiger partial charge in [0.2, 0.25) is 0 Å². The Labute approximate surface area is 280 Å². The maximum Gasteiger partial charge on any atom is 0.132 e. The molecule has 0 spiro atoms. The fraction of sp³-hybridized carbons (Fsp3) is 0. The van der Waals surface area contributed by atoms with Crippen LogP contribution in [0.25, 0.3) is 44.5 Å². The van der Waals surface area contributed by atoms with Crippen LogP contribution >= 0.6 is 0 Å². The average Bonchev–Trinajstić information content (AvgIpc) is 3.16. The van der Waals surface area contributed by atoms with E-state index in [0.717, 1.165) is 55.9 Å². The van der Waals surface area contributed by atoms with Crippen molar-refractivity contribution in [1.29, 1.82) is 0 Å². The van der Waals surface area contributed by atoms with Crippen molar-refractivity contribution in [2.75, 3.05) is 0 Å². The zero-order chi connectivity index (χ0) is 32.7. The van der Waals surface area contributed by atoms with Gasteiger partial charge in [0.25, 0.3) is 0 Å². The molecule has 4 nitrogen and oxygen atoms in total. The van der Waals surface area contributed by atoms with Crippen molar-refractivity contribution >= 4 is 23.8 Å². The van der Waals surface area contributed by atoms with Gasteiger partial charge in [0.15, 0.2) is 0 Å². The van der Waals surface area contributed by atoms with Gasteiger partial charge in [-0.2, -0.15) is 0 Å². The summed E-state index contributed by atoms with van der Waals surface area (Å²) in [6.07, 6.45) is 3.40. The van der Waals surface area contributed by atoms with Gasteiger partial charge in [0.05, 0.1) is 11.4 Å². The molecule has 4 heteroatoms. The van der Waals surface area contributed by atoms with Crippen molar-refractivity contribution in [3.8, 4) is 56.0 Å². The van der Waals surface area contributed by atoms with Crippen LogP contribution in [0.2, 0.25) is 0 Å². The molecule has 0 saturated heterocycles. The zero-order valence-corrected chi connectivity index (χ0v) is 26.1. The minimum Gasteiger partial charge on any atom is -0.507 e. The van der Waals surface area contributed by atoms with Crippen LogP contribution in [-0.2, 0) is 0 Å². The second-order valence-corrected chi connectivity index (χ2v) is 11.4. The van der Waals surface area contributed by atoms with Gasteiger partial charge in [-0.1, -0.05) is 121 Å². The molecule has 0 bridgehead atoms. The maximum atomic E-state index is 11.3. The summed E-state index contributed by atoms with van der Waals surface area (Å²) in [4.78, 5) is 9.39. The van der Waals surface area contributed by atoms with E-state index in [1.165, 1.54) is 0 Å². The zero-order valence-electron chi connectivity index (χ0n) is 26.1. The lowest BCUT2D eigenvalue weighted by Gasteiger charge is -2.12. The average molecular weight is 621 g/mol. The van der Waals surface area contributed by atoms with E-state index in [0.29, 0.717) is 11.1 Å². The first-order chi connectivity index (χ1) is 23.6. The predicted octanol–water partition coefficient (Wildman–Crippen LogP) is 11.3. The minimum atomic E-state index is 0.179. The second-order valence-electron chi connectivity index (χ2n) is 11.4. The number of benzene rings is 7. The van der Waals surface area contributed by atoms with E-state index in [-0.39, 0.29) is 11.5 Å². The van der Waals surface area contributed by atoms with E-state index >= 15 is 0 Å². The van der Waals surface area contributed by atoms with Crippen LogP contribution in [-0.4, -0.2) is 22.6 Å². The molecule has 0 aliphatic rings. The molecule has 0 saturated carbocycles. The summed E-state index contributed by atoms with van der Waals surface area (Å²) in [5.74, 6) is 0.358. The third kappa shape index (κ3) is 6.69. The van der Waals surface area contributed by atoms with Crippen molar-refractivity contribution in [2.45, 2.75) is 0 Å². The Balaban J connectivity index is 1.18. The molecule has 230 valence electrons. The molecule has 0 unspecified atom stereocenters. The lowest BCUT2D eigenvalue weighted by atomic mass is 9.95. The summed E-state index contributed by atoms with van der Waals surface area (Å²) in [5.41, 5.74) is 10.2. The second kappa shape index (κ2) is 13.9. The van der Waals surface area contributed by atoms with Crippen molar-refractivity contribution in [3.05, 3.63) is 181 Å². The molecule has 0 aliphatic carbocycles. The number of phenols is 2. The number of hydrogen-bond acceptors (Lipinski definition) is 4. The largest absolute Gasteiger partial charge is 0.507 e. The molecule has 0 aliphatic heterocycles. The lowest BCUT2D eigenvalue weighted by molar-refractivity contribution is 0.476. The maximum absolute atomic E-state index is 11.3. The predicted molar refractivity (Wildman–Crippen MR) is 199 cm³/mol. The summed E-state index contributed by atoms with van der Waals surface area (Å²) in [6, 6.07) is 55.5. The highest BCUT2D eigenvalue weighted by Crippen LogP contribution is 2.38. The van der Waals surface area contributed by atoms with Crippen molar-refractivity contribution in [1.82, 2.24) is 0 Å². The standard InChI is InChI=1S/C44H32N2O2/c47-43-37(25-35(31-13-5-1-6-14-31)27-41(43)33-17-9-3-10-18-33)29-45-39-21-23-40(24-22-39)46-30-38-26-36(32-15-7-2-8-16-32)28-42(44(38)48)34-19-11-4-12-20-34/h1-30,47-48H. The smallest absolute Gasteiger partial charge is 0.132 e. The van der Waals surface area contributed by atoms with Crippen LogP contribution in [0.4, 0.5) is 11.4 Å². The van der Waals surface area contributed by atoms with Gasteiger partial charge >= 0.3 is 0 Å². The third-order valence-corrected chi connectivity index (χ3v) is 8.22. The normalized spacial score (nSPS) is 11.3. The Morgan fingerprint density at radius 2 is 0.646 bits per heavy atom. The van der Waals surface area contributed by atoms with Gasteiger partial charge in [-0.05, 0) is 81.9 Å². The summed E-state index contributed by atoms with van der Waals surface area (Å²) < 4.78 is 0. The van der Waals surface area contributed by atoms with E-state index in [2.05, 4.69) is 24.3 Å². The third-order valence-electron chi connectivity index (χ3n) is 8.22. The Kier molecular flexibility index (Phi) is 8.70. The Morgan fingerprint density at radius 3 is 0.979 bits per heavy atom. The van der Waals surface area contributed by atoms with Gasteiger partial charge in [-0.3, -0.25) is 9.98 Å². The quantitative estimate of drug-likeness (QED) is 0.166. The molecule has 0 amide bonds. The number of hydrogen-bond donors (Lipinski definition) is 2. The van der Waals surface area contributed by atoms with Gasteiger partial charge < -0.3 is 10.2 Å². The highest BCUT2D eigenvalue weighted by molar-refractivity contribution is 5.94. The number of nitrogens with zero attached hydrogens (tertiary/aromatic N) is 2. The van der Waals surface area contributed by atoms with Crippen LogP contribution in [0.15, 0.2) is 180 Å². The molecule has 2 N–H and O–H groups in total. The molecule has 0 radical (unpaired) electrons. The summed E-state index contributed by atoms with van der Waals surface area (Å²) >= 11 is 0. The topological polar surface area (TPSA) is 65.2 Å². The van der Waals surface area contributed by atoms with Gasteiger partial charge in [-0.25, -0.2) is 0 Å². The molecular formula is C44H32N2O2. The van der Waals surface area contributed by atoms with E-state index in [1.807, 2.05) is 146 Å². The lowest BCUT2D eigenvalue weighted by Crippen LogP contribution is -1.90. The molecule has 0 atom stereocenters. The number of aliphatic imine (C=N–C) groups is 2. The van der Waals surface area contributed by atoms with Crippen LogP contribution in [0, 0.1) is 0 Å². The number of phenolic OH excluding ortho intramolecular Hbond substituents is 2. The fourth-order valence-corrected chi connectivity index (χ4v) is 5.69. The van der Waals surface area contributed by atoms with Crippen molar-refractivity contribution in [3.63, 3.8) is 0 Å². The molecule has 0 aromatic heterocycles. The minimum absolute atomic E-state index is 0.179. The van der Waals surface area contributed by atoms with Crippen molar-refractivity contribution < 1.29 is 10.2 Å². The summed E-state index contributed by atoms with van der Waals surface area (Å²) in [5, 5.41) is 22.6. The van der Waals surface area contributed by atoms with Crippen LogP contribution in [0.1, 0.15) is 11.1 Å². The summed E-state index contributed by atoms with van der Waals surface area (Å²) in [6.45, 7) is 0. The van der Waals surface area contributed by atoms with Gasteiger partial charge in [0, 0.05) is 34.7 Å². The van der Waals surface area contributed by atoms with Crippen molar-refractivity contribution in [2.24, 2.45) is 9.98 Å². The molecular weight excluding hydrogens is 588 g/mol. The number of aromatic hydroxyl groups is 2. The first-order valence-corrected chi connectivity index (χ1v) is 15.8. The Hall–Kier alpha value is -6.52. The highest BCUT2D eigenvalue weighted by Gasteiger charge is 2.13. The first-order valence-electron chi connectivity index (χ1n) is 15.8. The number of rotatable bonds is 8. The molecule has 7 aromatic rings. The Morgan fingerprint density at radius 1 is 0.333 bits per heavy atom. The molecule has 0 heterocycles.